The van der Waals surface area contributed by atoms with Crippen LogP contribution >= 0.6 is 0 Å². The Morgan fingerprint density at radius 1 is 1.43 bits per heavy atom. The van der Waals surface area contributed by atoms with Gasteiger partial charge in [0.2, 0.25) is 0 Å². The summed E-state index contributed by atoms with van der Waals surface area (Å²) in [6, 6.07) is 0.929. The Morgan fingerprint density at radius 3 is 3.13 bits per heavy atom. The van der Waals surface area contributed by atoms with Crippen LogP contribution in [0.5, 0.6) is 0 Å². The highest BCUT2D eigenvalue weighted by Crippen LogP contribution is 2.52. The molecular formula is C17H26N4O2. The Labute approximate surface area is 136 Å². The predicted octanol–water partition coefficient (Wildman–Crippen LogP) is 1.14. The Hall–Kier alpha value is -1.40. The molecule has 1 aromatic heterocycles. The molecule has 0 spiro atoms. The van der Waals surface area contributed by atoms with E-state index in [-0.39, 0.29) is 11.0 Å². The first kappa shape index (κ1) is 15.1. The Balaban J connectivity index is 1.44. The van der Waals surface area contributed by atoms with Crippen LogP contribution in [-0.4, -0.2) is 47.9 Å². The Bertz CT molecular complexity index is 629. The van der Waals surface area contributed by atoms with Crippen LogP contribution in [0.25, 0.3) is 0 Å². The average molecular weight is 318 g/mol. The van der Waals surface area contributed by atoms with Crippen LogP contribution < -0.4 is 15.8 Å². The fraction of sp³-hybridized carbons (Fsp3) is 0.765. The third-order valence-corrected chi connectivity index (χ3v) is 5.93. The van der Waals surface area contributed by atoms with Gasteiger partial charge in [0.25, 0.3) is 5.56 Å². The molecule has 23 heavy (non-hydrogen) atoms. The molecule has 2 N–H and O–H groups in total. The molecule has 1 aromatic rings. The van der Waals surface area contributed by atoms with Gasteiger partial charge in [0.1, 0.15) is 0 Å². The predicted molar refractivity (Wildman–Crippen MR) is 88.6 cm³/mol. The Morgan fingerprint density at radius 2 is 2.30 bits per heavy atom. The van der Waals surface area contributed by atoms with E-state index in [1.807, 2.05) is 0 Å². The van der Waals surface area contributed by atoms with Crippen LogP contribution in [0.4, 0.5) is 5.82 Å². The van der Waals surface area contributed by atoms with Crippen molar-refractivity contribution in [2.45, 2.75) is 51.3 Å². The number of ether oxygens (including phenoxy) is 1. The summed E-state index contributed by atoms with van der Waals surface area (Å²) in [6.07, 6.45) is 7.07. The molecule has 1 saturated carbocycles. The molecule has 0 radical (unpaired) electrons. The summed E-state index contributed by atoms with van der Waals surface area (Å²) in [5.74, 6) is 1.20. The molecule has 4 atom stereocenters. The zero-order valence-electron chi connectivity index (χ0n) is 13.9. The van der Waals surface area contributed by atoms with Gasteiger partial charge in [-0.15, -0.1) is 0 Å². The van der Waals surface area contributed by atoms with Gasteiger partial charge in [0, 0.05) is 55.5 Å². The number of aromatic nitrogens is 2. The van der Waals surface area contributed by atoms with Gasteiger partial charge in [-0.1, -0.05) is 13.8 Å². The van der Waals surface area contributed by atoms with Gasteiger partial charge < -0.3 is 19.9 Å². The SMILES string of the molecule is CC1(C)[C@H](N[C@@H]2CCCN(c3ncc[nH]c3=O)C2)[C@@H]2CCO[C@H]21. The molecule has 3 fully saturated rings. The summed E-state index contributed by atoms with van der Waals surface area (Å²) >= 11 is 0. The highest BCUT2D eigenvalue weighted by atomic mass is 16.5. The van der Waals surface area contributed by atoms with E-state index in [1.54, 1.807) is 12.4 Å². The number of hydrogen-bond donors (Lipinski definition) is 2. The fourth-order valence-corrected chi connectivity index (χ4v) is 4.79. The molecule has 2 saturated heterocycles. The van der Waals surface area contributed by atoms with Gasteiger partial charge in [0.15, 0.2) is 5.82 Å². The summed E-state index contributed by atoms with van der Waals surface area (Å²) in [5.41, 5.74) is 0.104. The lowest BCUT2D eigenvalue weighted by Crippen LogP contribution is -2.68. The lowest BCUT2D eigenvalue weighted by atomic mass is 9.57. The quantitative estimate of drug-likeness (QED) is 0.875. The van der Waals surface area contributed by atoms with Crippen molar-refractivity contribution in [1.29, 1.82) is 0 Å². The highest BCUT2D eigenvalue weighted by molar-refractivity contribution is 5.36. The van der Waals surface area contributed by atoms with Gasteiger partial charge in [-0.05, 0) is 19.3 Å². The molecule has 6 heteroatoms. The first-order chi connectivity index (χ1) is 11.1. The maximum Gasteiger partial charge on any atom is 0.290 e. The number of hydrogen-bond acceptors (Lipinski definition) is 5. The molecule has 0 aromatic carbocycles. The molecule has 6 nitrogen and oxygen atoms in total. The van der Waals surface area contributed by atoms with E-state index in [9.17, 15) is 4.79 Å². The maximum absolute atomic E-state index is 12.0. The topological polar surface area (TPSA) is 70.2 Å². The molecular weight excluding hydrogens is 292 g/mol. The molecule has 2 aliphatic heterocycles. The Kier molecular flexibility index (Phi) is 3.69. The normalized spacial score (nSPS) is 35.7. The third-order valence-electron chi connectivity index (χ3n) is 5.93. The molecule has 0 amide bonds. The minimum absolute atomic E-state index is 0.0959. The van der Waals surface area contributed by atoms with Crippen molar-refractivity contribution in [2.24, 2.45) is 11.3 Å². The smallest absolute Gasteiger partial charge is 0.290 e. The molecule has 0 bridgehead atoms. The maximum atomic E-state index is 12.0. The van der Waals surface area contributed by atoms with Crippen LogP contribution in [0.3, 0.4) is 0 Å². The minimum Gasteiger partial charge on any atom is -0.377 e. The number of nitrogens with one attached hydrogen (secondary N) is 2. The number of piperidine rings is 1. The minimum atomic E-state index is -0.0959. The van der Waals surface area contributed by atoms with Crippen molar-refractivity contribution < 1.29 is 4.74 Å². The molecule has 3 aliphatic rings. The van der Waals surface area contributed by atoms with Crippen molar-refractivity contribution in [3.05, 3.63) is 22.7 Å². The third kappa shape index (κ3) is 2.48. The number of H-pyrrole nitrogens is 1. The zero-order chi connectivity index (χ0) is 16.0. The second kappa shape index (κ2) is 5.60. The number of fused-ring (bicyclic) bond motifs is 1. The van der Waals surface area contributed by atoms with E-state index >= 15 is 0 Å². The number of rotatable bonds is 3. The lowest BCUT2D eigenvalue weighted by Gasteiger charge is -2.56. The van der Waals surface area contributed by atoms with Crippen molar-refractivity contribution in [3.8, 4) is 0 Å². The standard InChI is InChI=1S/C17H26N4O2/c1-17(2)13(12-5-9-23-14(12)17)20-11-4-3-8-21(10-11)15-16(22)19-7-6-18-15/h6-7,11-14,20H,3-5,8-10H2,1-2H3,(H,19,22)/t11-,12+,13-,14-/m1/s1. The second-order valence-corrected chi connectivity index (χ2v) is 7.74. The van der Waals surface area contributed by atoms with Gasteiger partial charge >= 0.3 is 0 Å². The summed E-state index contributed by atoms with van der Waals surface area (Å²) in [7, 11) is 0. The molecule has 1 aliphatic carbocycles. The molecule has 4 rings (SSSR count). The van der Waals surface area contributed by atoms with Crippen molar-refractivity contribution in [3.63, 3.8) is 0 Å². The summed E-state index contributed by atoms with van der Waals surface area (Å²) in [6.45, 7) is 7.27. The van der Waals surface area contributed by atoms with Crippen LogP contribution in [-0.2, 0) is 4.74 Å². The van der Waals surface area contributed by atoms with E-state index in [1.165, 1.54) is 6.42 Å². The molecule has 0 unspecified atom stereocenters. The van der Waals surface area contributed by atoms with Gasteiger partial charge in [0.05, 0.1) is 6.10 Å². The van der Waals surface area contributed by atoms with Crippen LogP contribution in [0.1, 0.15) is 33.1 Å². The lowest BCUT2D eigenvalue weighted by molar-refractivity contribution is -0.115. The van der Waals surface area contributed by atoms with Crippen molar-refractivity contribution >= 4 is 5.82 Å². The van der Waals surface area contributed by atoms with E-state index in [0.29, 0.717) is 29.9 Å². The summed E-state index contributed by atoms with van der Waals surface area (Å²) in [5, 5.41) is 3.87. The van der Waals surface area contributed by atoms with E-state index < -0.39 is 0 Å². The largest absolute Gasteiger partial charge is 0.377 e. The van der Waals surface area contributed by atoms with E-state index in [0.717, 1.165) is 32.5 Å². The number of anilines is 1. The number of aromatic amines is 1. The zero-order valence-corrected chi connectivity index (χ0v) is 13.9. The van der Waals surface area contributed by atoms with Crippen LogP contribution in [0.2, 0.25) is 0 Å². The van der Waals surface area contributed by atoms with Crippen LogP contribution in [0, 0.1) is 11.3 Å². The monoisotopic (exact) mass is 318 g/mol. The van der Waals surface area contributed by atoms with Crippen LogP contribution in [0.15, 0.2) is 17.2 Å². The average Bonchev–Trinajstić information content (AvgIpc) is 3.00. The number of nitrogens with zero attached hydrogens (tertiary/aromatic N) is 2. The van der Waals surface area contributed by atoms with E-state index in [4.69, 9.17) is 4.74 Å². The van der Waals surface area contributed by atoms with Crippen molar-refractivity contribution in [2.75, 3.05) is 24.6 Å². The first-order valence-electron chi connectivity index (χ1n) is 8.73. The van der Waals surface area contributed by atoms with E-state index in [2.05, 4.69) is 34.0 Å². The molecule has 3 heterocycles. The second-order valence-electron chi connectivity index (χ2n) is 7.74. The fourth-order valence-electron chi connectivity index (χ4n) is 4.79. The highest BCUT2D eigenvalue weighted by Gasteiger charge is 2.59. The van der Waals surface area contributed by atoms with Gasteiger partial charge in [-0.25, -0.2) is 4.98 Å². The summed E-state index contributed by atoms with van der Waals surface area (Å²) in [4.78, 5) is 21.1. The molecule has 126 valence electrons. The first-order valence-corrected chi connectivity index (χ1v) is 8.73. The summed E-state index contributed by atoms with van der Waals surface area (Å²) < 4.78 is 5.89. The van der Waals surface area contributed by atoms with Crippen molar-refractivity contribution in [1.82, 2.24) is 15.3 Å². The van der Waals surface area contributed by atoms with Gasteiger partial charge in [-0.2, -0.15) is 0 Å². The van der Waals surface area contributed by atoms with Gasteiger partial charge in [-0.3, -0.25) is 4.79 Å².